The summed E-state index contributed by atoms with van der Waals surface area (Å²) in [7, 11) is 0. The van der Waals surface area contributed by atoms with Gasteiger partial charge >= 0.3 is 5.97 Å². The average molecular weight is 690 g/mol. The normalized spacial score (nSPS) is 22.5. The van der Waals surface area contributed by atoms with Gasteiger partial charge in [-0.1, -0.05) is 153 Å². The van der Waals surface area contributed by atoms with Crippen molar-refractivity contribution in [2.45, 2.75) is 205 Å². The molecular weight excluding hydrogens is 616 g/mol. The number of rotatable bonds is 28. The largest absolute Gasteiger partial charge is 0.452 e. The highest BCUT2D eigenvalue weighted by Gasteiger charge is 2.42. The van der Waals surface area contributed by atoms with Crippen molar-refractivity contribution in [1.29, 1.82) is 0 Å². The molecular formula is C43H73ClO4. The predicted octanol–water partition coefficient (Wildman–Crippen LogP) is 11.8. The fourth-order valence-electron chi connectivity index (χ4n) is 7.66. The molecule has 0 amide bonds. The molecule has 2 N–H and O–H groups in total. The molecule has 5 heteroatoms. The van der Waals surface area contributed by atoms with E-state index in [2.05, 4.69) is 50.0 Å². The van der Waals surface area contributed by atoms with Crippen LogP contribution in [0.15, 0.2) is 24.3 Å². The van der Waals surface area contributed by atoms with Crippen LogP contribution >= 0.6 is 11.6 Å². The Morgan fingerprint density at radius 2 is 1.46 bits per heavy atom. The molecule has 0 aromatic rings. The number of ether oxygens (including phenoxy) is 1. The van der Waals surface area contributed by atoms with E-state index in [4.69, 9.17) is 16.3 Å². The summed E-state index contributed by atoms with van der Waals surface area (Å²) < 4.78 is 5.29. The van der Waals surface area contributed by atoms with Gasteiger partial charge in [0.25, 0.3) is 0 Å². The number of unbranched alkanes of at least 4 members (excludes halogenated alkanes) is 17. The number of aliphatic hydroxyl groups excluding tert-OH is 2. The zero-order valence-corrected chi connectivity index (χ0v) is 31.8. The van der Waals surface area contributed by atoms with E-state index in [1.807, 2.05) is 0 Å². The van der Waals surface area contributed by atoms with E-state index < -0.39 is 6.10 Å². The van der Waals surface area contributed by atoms with Gasteiger partial charge in [-0.15, -0.1) is 11.6 Å². The Morgan fingerprint density at radius 1 is 0.854 bits per heavy atom. The quantitative estimate of drug-likeness (QED) is 0.0282. The Morgan fingerprint density at radius 3 is 2.02 bits per heavy atom. The zero-order valence-electron chi connectivity index (χ0n) is 31.1. The first kappa shape index (κ1) is 42.9. The molecule has 0 spiro atoms. The molecule has 0 heterocycles. The minimum atomic E-state index is -0.435. The van der Waals surface area contributed by atoms with Crippen molar-refractivity contribution in [1.82, 2.24) is 0 Å². The number of carbonyl (C=O) groups is 1. The second kappa shape index (κ2) is 27.4. The maximum Gasteiger partial charge on any atom is 0.306 e. The Labute approximate surface area is 301 Å². The van der Waals surface area contributed by atoms with Crippen LogP contribution in [0.5, 0.6) is 0 Å². The van der Waals surface area contributed by atoms with E-state index in [9.17, 15) is 15.0 Å². The van der Waals surface area contributed by atoms with Crippen molar-refractivity contribution in [3.63, 3.8) is 0 Å². The molecule has 2 aliphatic carbocycles. The van der Waals surface area contributed by atoms with Crippen LogP contribution in [0.4, 0.5) is 0 Å². The second-order valence-corrected chi connectivity index (χ2v) is 15.5. The minimum absolute atomic E-state index is 0.0171. The van der Waals surface area contributed by atoms with E-state index in [0.29, 0.717) is 19.3 Å². The van der Waals surface area contributed by atoms with Gasteiger partial charge in [0.15, 0.2) is 6.61 Å². The van der Waals surface area contributed by atoms with Gasteiger partial charge in [0.2, 0.25) is 0 Å². The molecule has 0 radical (unpaired) electrons. The highest BCUT2D eigenvalue weighted by molar-refractivity contribution is 6.21. The number of esters is 1. The number of aliphatic hydroxyl groups is 2. The van der Waals surface area contributed by atoms with E-state index >= 15 is 0 Å². The lowest BCUT2D eigenvalue weighted by atomic mass is 9.63. The summed E-state index contributed by atoms with van der Waals surface area (Å²) in [4.78, 5) is 12.1. The first-order chi connectivity index (χ1) is 23.4. The van der Waals surface area contributed by atoms with Crippen molar-refractivity contribution in [2.24, 2.45) is 17.3 Å². The van der Waals surface area contributed by atoms with Gasteiger partial charge in [0.1, 0.15) is 0 Å². The molecule has 2 fully saturated rings. The molecule has 0 unspecified atom stereocenters. The van der Waals surface area contributed by atoms with Gasteiger partial charge in [-0.05, 0) is 69.1 Å². The van der Waals surface area contributed by atoms with Crippen LogP contribution in [0.3, 0.4) is 0 Å². The van der Waals surface area contributed by atoms with Crippen LogP contribution in [-0.2, 0) is 9.53 Å². The van der Waals surface area contributed by atoms with Gasteiger partial charge in [0, 0.05) is 24.1 Å². The van der Waals surface area contributed by atoms with Crippen molar-refractivity contribution >= 4 is 17.6 Å². The van der Waals surface area contributed by atoms with Gasteiger partial charge in [-0.3, -0.25) is 4.79 Å². The summed E-state index contributed by atoms with van der Waals surface area (Å²) >= 11 is 6.62. The smallest absolute Gasteiger partial charge is 0.306 e. The molecule has 0 aliphatic heterocycles. The molecule has 2 aliphatic rings. The predicted molar refractivity (Wildman–Crippen MR) is 204 cm³/mol. The molecule has 0 aromatic heterocycles. The van der Waals surface area contributed by atoms with Crippen LogP contribution in [0.1, 0.15) is 187 Å². The number of alkyl halides is 1. The Kier molecular flexibility index (Phi) is 24.5. The SMILES string of the molecule is CCCCCCCCCCCCCCCCCCC#CCOC(=O)CCCC=CC[C@@H]1[C@@H](C=CC[C@H](O)C2(CC)CCC2)[C@H](O)C[C@H]1Cl. The molecule has 0 aromatic carbocycles. The number of carbonyl (C=O) groups excluding carboxylic acids is 1. The van der Waals surface area contributed by atoms with Crippen molar-refractivity contribution < 1.29 is 19.7 Å². The van der Waals surface area contributed by atoms with E-state index in [-0.39, 0.29) is 41.3 Å². The van der Waals surface area contributed by atoms with Crippen LogP contribution in [-0.4, -0.2) is 40.4 Å². The summed E-state index contributed by atoms with van der Waals surface area (Å²) in [6.07, 6.45) is 39.0. The lowest BCUT2D eigenvalue weighted by Gasteiger charge is -2.45. The maximum absolute atomic E-state index is 12.1. The summed E-state index contributed by atoms with van der Waals surface area (Å²) in [6.45, 7) is 4.65. The van der Waals surface area contributed by atoms with Gasteiger partial charge in [0.05, 0.1) is 12.2 Å². The number of hydrogen-bond donors (Lipinski definition) is 2. The van der Waals surface area contributed by atoms with E-state index in [0.717, 1.165) is 51.4 Å². The molecule has 2 saturated carbocycles. The fraction of sp³-hybridized carbons (Fsp3) is 0.837. The lowest BCUT2D eigenvalue weighted by Crippen LogP contribution is -2.40. The van der Waals surface area contributed by atoms with Crippen LogP contribution in [0.2, 0.25) is 0 Å². The minimum Gasteiger partial charge on any atom is -0.452 e. The summed E-state index contributed by atoms with van der Waals surface area (Å²) in [6, 6.07) is 0. The topological polar surface area (TPSA) is 66.8 Å². The third kappa shape index (κ3) is 18.1. The fourth-order valence-corrected chi connectivity index (χ4v) is 8.11. The summed E-state index contributed by atoms with van der Waals surface area (Å²) in [5.74, 6) is 6.17. The zero-order chi connectivity index (χ0) is 34.7. The number of allylic oxidation sites excluding steroid dienone is 2. The van der Waals surface area contributed by atoms with Gasteiger partial charge in [-0.25, -0.2) is 0 Å². The molecule has 276 valence electrons. The average Bonchev–Trinajstić information content (AvgIpc) is 3.32. The lowest BCUT2D eigenvalue weighted by molar-refractivity contribution is -0.142. The molecule has 4 nitrogen and oxygen atoms in total. The van der Waals surface area contributed by atoms with Crippen molar-refractivity contribution in [2.75, 3.05) is 6.61 Å². The van der Waals surface area contributed by atoms with Gasteiger partial charge in [-0.2, -0.15) is 0 Å². The van der Waals surface area contributed by atoms with E-state index in [1.54, 1.807) is 0 Å². The van der Waals surface area contributed by atoms with Crippen molar-refractivity contribution in [3.05, 3.63) is 24.3 Å². The Balaban J connectivity index is 1.42. The molecule has 48 heavy (non-hydrogen) atoms. The maximum atomic E-state index is 12.1. The monoisotopic (exact) mass is 689 g/mol. The first-order valence-electron chi connectivity index (χ1n) is 20.4. The Bertz CT molecular complexity index is 923. The first-order valence-corrected chi connectivity index (χ1v) is 20.8. The van der Waals surface area contributed by atoms with Crippen LogP contribution in [0.25, 0.3) is 0 Å². The summed E-state index contributed by atoms with van der Waals surface area (Å²) in [5, 5.41) is 21.3. The molecule has 5 atom stereocenters. The number of halogens is 1. The van der Waals surface area contributed by atoms with Crippen LogP contribution < -0.4 is 0 Å². The number of hydrogen-bond acceptors (Lipinski definition) is 4. The third-order valence-corrected chi connectivity index (χ3v) is 11.8. The standard InChI is InChI=1S/C43H73ClO4/c1-3-5-6-7-8-9-10-11-12-13-14-15-16-17-18-19-20-23-26-35-48-42(47)32-25-22-21-24-29-37-38(40(45)36-39(37)44)30-27-31-41(46)43(4-2)33-28-34-43/h21,24,27,30,37-41,45-46H,3-20,22,25,28-29,31-36H2,1-2H3/t37-,38-,39-,40-,41+/m1/s1. The highest BCUT2D eigenvalue weighted by atomic mass is 35.5. The van der Waals surface area contributed by atoms with Crippen LogP contribution in [0, 0.1) is 29.1 Å². The van der Waals surface area contributed by atoms with Crippen molar-refractivity contribution in [3.8, 4) is 11.8 Å². The Hall–Kier alpha value is -1.28. The summed E-state index contributed by atoms with van der Waals surface area (Å²) in [5.41, 5.74) is 0.0978. The molecule has 0 saturated heterocycles. The molecule has 0 bridgehead atoms. The highest BCUT2D eigenvalue weighted by Crippen LogP contribution is 2.48. The third-order valence-electron chi connectivity index (χ3n) is 11.3. The van der Waals surface area contributed by atoms with E-state index in [1.165, 1.54) is 103 Å². The molecule has 2 rings (SSSR count). The second-order valence-electron chi connectivity index (χ2n) is 15.0. The van der Waals surface area contributed by atoms with Gasteiger partial charge < -0.3 is 14.9 Å².